The van der Waals surface area contributed by atoms with Crippen LogP contribution in [0.2, 0.25) is 0 Å². The Morgan fingerprint density at radius 2 is 2.00 bits per heavy atom. The van der Waals surface area contributed by atoms with Gasteiger partial charge in [0.05, 0.1) is 28.5 Å². The van der Waals surface area contributed by atoms with Gasteiger partial charge >= 0.3 is 5.97 Å². The van der Waals surface area contributed by atoms with Crippen LogP contribution in [0.1, 0.15) is 20.7 Å². The van der Waals surface area contributed by atoms with Gasteiger partial charge in [0.25, 0.3) is 5.91 Å². The molecule has 1 N–H and O–H groups in total. The van der Waals surface area contributed by atoms with E-state index in [0.29, 0.717) is 16.3 Å². The average Bonchev–Trinajstić information content (AvgIpc) is 2.95. The molecule has 0 radical (unpaired) electrons. The fourth-order valence-electron chi connectivity index (χ4n) is 2.03. The van der Waals surface area contributed by atoms with Gasteiger partial charge in [-0.15, -0.1) is 0 Å². The van der Waals surface area contributed by atoms with Crippen molar-refractivity contribution in [1.29, 1.82) is 0 Å². The van der Waals surface area contributed by atoms with Crippen molar-refractivity contribution in [3.05, 3.63) is 57.2 Å². The number of methoxy groups -OCH3 is 1. The first-order valence-electron chi connectivity index (χ1n) is 6.63. The molecule has 0 spiro atoms. The highest BCUT2D eigenvalue weighted by atomic mass is 127. The predicted octanol–water partition coefficient (Wildman–Crippen LogP) is 3.94. The quantitative estimate of drug-likeness (QED) is 0.497. The molecular formula is C16H11IN2O3S. The summed E-state index contributed by atoms with van der Waals surface area (Å²) < 4.78 is 6.39. The third-order valence-electron chi connectivity index (χ3n) is 3.15. The molecule has 1 amide bonds. The minimum absolute atomic E-state index is 0.206. The molecule has 0 fully saturated rings. The summed E-state index contributed by atoms with van der Waals surface area (Å²) in [7, 11) is 1.34. The van der Waals surface area contributed by atoms with Crippen LogP contribution >= 0.6 is 33.9 Å². The molecule has 3 aromatic rings. The number of rotatable bonds is 3. The summed E-state index contributed by atoms with van der Waals surface area (Å²) in [5.41, 5.74) is 1.78. The van der Waals surface area contributed by atoms with Crippen LogP contribution in [0.25, 0.3) is 10.2 Å². The van der Waals surface area contributed by atoms with Crippen molar-refractivity contribution < 1.29 is 14.3 Å². The zero-order chi connectivity index (χ0) is 16.4. The Bertz CT molecular complexity index is 907. The molecule has 0 aliphatic rings. The number of nitrogens with one attached hydrogen (secondary N) is 1. The van der Waals surface area contributed by atoms with E-state index in [1.54, 1.807) is 24.3 Å². The third-order valence-corrected chi connectivity index (χ3v) is 5.02. The summed E-state index contributed by atoms with van der Waals surface area (Å²) in [6.45, 7) is 0. The van der Waals surface area contributed by atoms with E-state index in [9.17, 15) is 9.59 Å². The summed E-state index contributed by atoms with van der Waals surface area (Å²) >= 11 is 3.43. The van der Waals surface area contributed by atoms with Gasteiger partial charge in [-0.25, -0.2) is 9.78 Å². The fourth-order valence-corrected chi connectivity index (χ4v) is 3.57. The second-order valence-corrected chi connectivity index (χ2v) is 6.82. The lowest BCUT2D eigenvalue weighted by molar-refractivity contribution is 0.0601. The van der Waals surface area contributed by atoms with Gasteiger partial charge in [-0.1, -0.05) is 23.5 Å². The monoisotopic (exact) mass is 438 g/mol. The van der Waals surface area contributed by atoms with Crippen molar-refractivity contribution in [2.24, 2.45) is 0 Å². The second-order valence-electron chi connectivity index (χ2n) is 4.63. The Hall–Kier alpha value is -2.00. The average molecular weight is 438 g/mol. The Morgan fingerprint density at radius 1 is 1.22 bits per heavy atom. The maximum Gasteiger partial charge on any atom is 0.337 e. The number of esters is 1. The molecule has 0 unspecified atom stereocenters. The Kier molecular flexibility index (Phi) is 4.58. The zero-order valence-corrected chi connectivity index (χ0v) is 15.0. The topological polar surface area (TPSA) is 68.3 Å². The van der Waals surface area contributed by atoms with Gasteiger partial charge in [-0.2, -0.15) is 0 Å². The van der Waals surface area contributed by atoms with Crippen LogP contribution in [0.15, 0.2) is 42.5 Å². The van der Waals surface area contributed by atoms with E-state index in [2.05, 4.69) is 32.9 Å². The maximum absolute atomic E-state index is 12.3. The van der Waals surface area contributed by atoms with E-state index in [-0.39, 0.29) is 5.91 Å². The molecule has 116 valence electrons. The Balaban J connectivity index is 1.88. The summed E-state index contributed by atoms with van der Waals surface area (Å²) in [4.78, 5) is 28.2. The molecule has 1 aromatic heterocycles. The van der Waals surface area contributed by atoms with Crippen molar-refractivity contribution >= 4 is 61.2 Å². The number of amides is 1. The van der Waals surface area contributed by atoms with E-state index < -0.39 is 5.97 Å². The number of halogens is 1. The first-order chi connectivity index (χ1) is 11.1. The Labute approximate surface area is 149 Å². The molecular weight excluding hydrogens is 427 g/mol. The number of ether oxygens (including phenoxy) is 1. The molecule has 3 rings (SSSR count). The number of benzene rings is 2. The van der Waals surface area contributed by atoms with Crippen LogP contribution in [0.4, 0.5) is 5.13 Å². The van der Waals surface area contributed by atoms with Gasteiger partial charge in [-0.05, 0) is 52.9 Å². The van der Waals surface area contributed by atoms with Crippen LogP contribution in [0.5, 0.6) is 0 Å². The van der Waals surface area contributed by atoms with Crippen molar-refractivity contribution in [3.8, 4) is 0 Å². The highest BCUT2D eigenvalue weighted by molar-refractivity contribution is 14.1. The van der Waals surface area contributed by atoms with E-state index in [0.717, 1.165) is 13.8 Å². The number of aromatic nitrogens is 1. The smallest absolute Gasteiger partial charge is 0.337 e. The van der Waals surface area contributed by atoms with Crippen molar-refractivity contribution in [2.75, 3.05) is 12.4 Å². The van der Waals surface area contributed by atoms with E-state index in [1.165, 1.54) is 18.4 Å². The lowest BCUT2D eigenvalue weighted by Gasteiger charge is -2.03. The molecule has 5 nitrogen and oxygen atoms in total. The molecule has 0 aliphatic heterocycles. The molecule has 0 aliphatic carbocycles. The Morgan fingerprint density at radius 3 is 2.74 bits per heavy atom. The normalized spacial score (nSPS) is 10.5. The number of carbonyl (C=O) groups excluding carboxylic acids is 2. The van der Waals surface area contributed by atoms with Crippen LogP contribution < -0.4 is 5.32 Å². The molecule has 2 aromatic carbocycles. The van der Waals surface area contributed by atoms with E-state index in [1.807, 2.05) is 18.2 Å². The lowest BCUT2D eigenvalue weighted by Crippen LogP contribution is -2.12. The standard InChI is InChI=1S/C16H11IN2O3S/c1-22-15(21)9-6-7-12-13(8-9)23-16(18-12)19-14(20)10-4-2-3-5-11(10)17/h2-8H,1H3,(H,18,19,20). The van der Waals surface area contributed by atoms with Gasteiger partial charge in [0, 0.05) is 3.57 Å². The second kappa shape index (κ2) is 6.63. The summed E-state index contributed by atoms with van der Waals surface area (Å²) in [6.07, 6.45) is 0. The molecule has 7 heteroatoms. The highest BCUT2D eigenvalue weighted by Crippen LogP contribution is 2.27. The minimum atomic E-state index is -0.398. The lowest BCUT2D eigenvalue weighted by atomic mass is 10.2. The minimum Gasteiger partial charge on any atom is -0.465 e. The largest absolute Gasteiger partial charge is 0.465 e. The van der Waals surface area contributed by atoms with E-state index >= 15 is 0 Å². The van der Waals surface area contributed by atoms with Gasteiger partial charge in [-0.3, -0.25) is 10.1 Å². The SMILES string of the molecule is COC(=O)c1ccc2nc(NC(=O)c3ccccc3I)sc2c1. The maximum atomic E-state index is 12.3. The zero-order valence-electron chi connectivity index (χ0n) is 12.0. The summed E-state index contributed by atoms with van der Waals surface area (Å²) in [5.74, 6) is -0.605. The summed E-state index contributed by atoms with van der Waals surface area (Å²) in [5, 5.41) is 3.29. The molecule has 23 heavy (non-hydrogen) atoms. The molecule has 0 bridgehead atoms. The fraction of sp³-hybridized carbons (Fsp3) is 0.0625. The number of thiazole rings is 1. The van der Waals surface area contributed by atoms with Gasteiger partial charge in [0.2, 0.25) is 0 Å². The first-order valence-corrected chi connectivity index (χ1v) is 8.53. The van der Waals surface area contributed by atoms with Crippen LogP contribution in [-0.4, -0.2) is 24.0 Å². The number of hydrogen-bond acceptors (Lipinski definition) is 5. The number of carbonyl (C=O) groups is 2. The number of nitrogens with zero attached hydrogens (tertiary/aromatic N) is 1. The number of fused-ring (bicyclic) bond motifs is 1. The van der Waals surface area contributed by atoms with Crippen LogP contribution in [-0.2, 0) is 4.74 Å². The number of anilines is 1. The predicted molar refractivity (Wildman–Crippen MR) is 98.1 cm³/mol. The van der Waals surface area contributed by atoms with Gasteiger partial charge < -0.3 is 4.74 Å². The van der Waals surface area contributed by atoms with Crippen molar-refractivity contribution in [3.63, 3.8) is 0 Å². The van der Waals surface area contributed by atoms with E-state index in [4.69, 9.17) is 4.74 Å². The van der Waals surface area contributed by atoms with Crippen LogP contribution in [0.3, 0.4) is 0 Å². The third kappa shape index (κ3) is 3.35. The molecule has 0 saturated carbocycles. The van der Waals surface area contributed by atoms with Crippen molar-refractivity contribution in [2.45, 2.75) is 0 Å². The summed E-state index contributed by atoms with van der Waals surface area (Å²) in [6, 6.07) is 12.4. The molecule has 0 atom stereocenters. The molecule has 1 heterocycles. The number of hydrogen-bond donors (Lipinski definition) is 1. The van der Waals surface area contributed by atoms with Gasteiger partial charge in [0.15, 0.2) is 5.13 Å². The highest BCUT2D eigenvalue weighted by Gasteiger charge is 2.13. The first kappa shape index (κ1) is 15.9. The van der Waals surface area contributed by atoms with Gasteiger partial charge in [0.1, 0.15) is 0 Å². The molecule has 0 saturated heterocycles. The van der Waals surface area contributed by atoms with Crippen molar-refractivity contribution in [1.82, 2.24) is 4.98 Å². The van der Waals surface area contributed by atoms with Crippen LogP contribution in [0, 0.1) is 3.57 Å².